The molecule has 1 aromatic carbocycles. The number of alkyl halides is 3. The summed E-state index contributed by atoms with van der Waals surface area (Å²) in [6.45, 7) is 0. The molecule has 0 fully saturated rings. The molecular formula is C12H7ClF3N3O2. The van der Waals surface area contributed by atoms with Crippen LogP contribution in [-0.4, -0.2) is 9.91 Å². The number of nitrogens with zero attached hydrogens (tertiary/aromatic N) is 2. The molecule has 0 aliphatic heterocycles. The van der Waals surface area contributed by atoms with Crippen LogP contribution in [0.15, 0.2) is 36.4 Å². The molecule has 0 saturated carbocycles. The third-order valence-electron chi connectivity index (χ3n) is 2.47. The van der Waals surface area contributed by atoms with Crippen molar-refractivity contribution in [2.45, 2.75) is 6.18 Å². The average molecular weight is 318 g/mol. The molecule has 2 aromatic rings. The Morgan fingerprint density at radius 3 is 2.33 bits per heavy atom. The maximum Gasteiger partial charge on any atom is 0.416 e. The molecule has 21 heavy (non-hydrogen) atoms. The number of rotatable bonds is 3. The monoisotopic (exact) mass is 317 g/mol. The van der Waals surface area contributed by atoms with Crippen molar-refractivity contribution in [2.24, 2.45) is 0 Å². The summed E-state index contributed by atoms with van der Waals surface area (Å²) in [4.78, 5) is 13.8. The lowest BCUT2D eigenvalue weighted by molar-refractivity contribution is -0.384. The number of nitrogens with one attached hydrogen (secondary N) is 1. The number of nitro groups is 1. The summed E-state index contributed by atoms with van der Waals surface area (Å²) in [6, 6.07) is 6.36. The molecule has 0 saturated heterocycles. The van der Waals surface area contributed by atoms with Crippen LogP contribution in [0.4, 0.5) is 30.4 Å². The number of anilines is 2. The van der Waals surface area contributed by atoms with Crippen molar-refractivity contribution in [1.29, 1.82) is 0 Å². The molecule has 0 bridgehead atoms. The van der Waals surface area contributed by atoms with E-state index < -0.39 is 16.7 Å². The Morgan fingerprint density at radius 1 is 1.19 bits per heavy atom. The Balaban J connectivity index is 2.24. The second-order valence-electron chi connectivity index (χ2n) is 3.99. The SMILES string of the molecule is O=[N+]([O-])c1cc(Cl)nc(Nc2ccc(C(F)(F)F)cc2)c1. The van der Waals surface area contributed by atoms with E-state index in [0.29, 0.717) is 5.69 Å². The molecule has 5 nitrogen and oxygen atoms in total. The van der Waals surface area contributed by atoms with E-state index in [4.69, 9.17) is 11.6 Å². The van der Waals surface area contributed by atoms with E-state index in [2.05, 4.69) is 10.3 Å². The number of halogens is 4. The summed E-state index contributed by atoms with van der Waals surface area (Å²) in [5.74, 6) is 0.0639. The standard InChI is InChI=1S/C12H7ClF3N3O2/c13-10-5-9(19(20)21)6-11(18-10)17-8-3-1-7(2-4-8)12(14,15)16/h1-6H,(H,17,18). The largest absolute Gasteiger partial charge is 0.416 e. The maximum absolute atomic E-state index is 12.4. The van der Waals surface area contributed by atoms with Crippen molar-refractivity contribution in [3.8, 4) is 0 Å². The van der Waals surface area contributed by atoms with Crippen LogP contribution in [0.3, 0.4) is 0 Å². The summed E-state index contributed by atoms with van der Waals surface area (Å²) in [5, 5.41) is 13.2. The van der Waals surface area contributed by atoms with Crippen molar-refractivity contribution < 1.29 is 18.1 Å². The fourth-order valence-corrected chi connectivity index (χ4v) is 1.75. The molecule has 0 aliphatic carbocycles. The highest BCUT2D eigenvalue weighted by atomic mass is 35.5. The van der Waals surface area contributed by atoms with Crippen LogP contribution in [0.2, 0.25) is 5.15 Å². The third-order valence-corrected chi connectivity index (χ3v) is 2.67. The van der Waals surface area contributed by atoms with Crippen molar-refractivity contribution in [2.75, 3.05) is 5.32 Å². The van der Waals surface area contributed by atoms with Crippen molar-refractivity contribution in [1.82, 2.24) is 4.98 Å². The smallest absolute Gasteiger partial charge is 0.340 e. The molecule has 2 rings (SSSR count). The van der Waals surface area contributed by atoms with Gasteiger partial charge < -0.3 is 5.32 Å². The predicted molar refractivity (Wildman–Crippen MR) is 70.6 cm³/mol. The van der Waals surface area contributed by atoms with E-state index in [9.17, 15) is 23.3 Å². The normalized spacial score (nSPS) is 11.2. The first kappa shape index (κ1) is 15.0. The van der Waals surface area contributed by atoms with Crippen LogP contribution < -0.4 is 5.32 Å². The van der Waals surface area contributed by atoms with Crippen molar-refractivity contribution in [3.05, 3.63) is 57.2 Å². The van der Waals surface area contributed by atoms with Crippen molar-refractivity contribution in [3.63, 3.8) is 0 Å². The minimum Gasteiger partial charge on any atom is -0.340 e. The highest BCUT2D eigenvalue weighted by Crippen LogP contribution is 2.30. The highest BCUT2D eigenvalue weighted by Gasteiger charge is 2.29. The molecule has 0 radical (unpaired) electrons. The zero-order valence-electron chi connectivity index (χ0n) is 10.2. The van der Waals surface area contributed by atoms with Gasteiger partial charge in [0.1, 0.15) is 11.0 Å². The molecule has 1 aromatic heterocycles. The van der Waals surface area contributed by atoms with Gasteiger partial charge in [-0.1, -0.05) is 11.6 Å². The van der Waals surface area contributed by atoms with Gasteiger partial charge in [-0.25, -0.2) is 4.98 Å². The Kier molecular flexibility index (Phi) is 3.99. The maximum atomic E-state index is 12.4. The summed E-state index contributed by atoms with van der Waals surface area (Å²) < 4.78 is 37.2. The van der Waals surface area contributed by atoms with Gasteiger partial charge in [-0.3, -0.25) is 10.1 Å². The minimum absolute atomic E-state index is 0.0639. The summed E-state index contributed by atoms with van der Waals surface area (Å²) >= 11 is 5.64. The zero-order valence-corrected chi connectivity index (χ0v) is 10.9. The van der Waals surface area contributed by atoms with Crippen LogP contribution in [0.5, 0.6) is 0 Å². The Hall–Kier alpha value is -2.35. The van der Waals surface area contributed by atoms with Gasteiger partial charge in [-0.2, -0.15) is 13.2 Å². The van der Waals surface area contributed by atoms with E-state index in [-0.39, 0.29) is 16.7 Å². The van der Waals surface area contributed by atoms with Gasteiger partial charge in [0.2, 0.25) is 0 Å². The number of benzene rings is 1. The number of aromatic nitrogens is 1. The molecular weight excluding hydrogens is 311 g/mol. The van der Waals surface area contributed by atoms with Gasteiger partial charge in [0.05, 0.1) is 22.6 Å². The first-order chi connectivity index (χ1) is 9.75. The van der Waals surface area contributed by atoms with Gasteiger partial charge in [0, 0.05) is 5.69 Å². The van der Waals surface area contributed by atoms with Gasteiger partial charge in [-0.15, -0.1) is 0 Å². The number of hydrogen-bond acceptors (Lipinski definition) is 4. The first-order valence-electron chi connectivity index (χ1n) is 5.52. The molecule has 0 spiro atoms. The lowest BCUT2D eigenvalue weighted by Crippen LogP contribution is -2.04. The Labute approximate surface area is 121 Å². The fourth-order valence-electron chi connectivity index (χ4n) is 1.54. The summed E-state index contributed by atoms with van der Waals surface area (Å²) in [6.07, 6.45) is -4.42. The number of pyridine rings is 1. The van der Waals surface area contributed by atoms with Crippen molar-refractivity contribution >= 4 is 28.8 Å². The second kappa shape index (κ2) is 5.57. The predicted octanol–water partition coefficient (Wildman–Crippen LogP) is 4.41. The number of hydrogen-bond donors (Lipinski definition) is 1. The topological polar surface area (TPSA) is 68.1 Å². The molecule has 110 valence electrons. The first-order valence-corrected chi connectivity index (χ1v) is 5.90. The van der Waals surface area contributed by atoms with Gasteiger partial charge in [0.15, 0.2) is 0 Å². The quantitative estimate of drug-likeness (QED) is 0.517. The van der Waals surface area contributed by atoms with Crippen LogP contribution in [0, 0.1) is 10.1 Å². The molecule has 1 N–H and O–H groups in total. The minimum atomic E-state index is -4.42. The lowest BCUT2D eigenvalue weighted by Gasteiger charge is -2.09. The van der Waals surface area contributed by atoms with Gasteiger partial charge >= 0.3 is 6.18 Å². The van der Waals surface area contributed by atoms with Crippen LogP contribution in [-0.2, 0) is 6.18 Å². The highest BCUT2D eigenvalue weighted by molar-refractivity contribution is 6.29. The van der Waals surface area contributed by atoms with E-state index >= 15 is 0 Å². The molecule has 0 amide bonds. The van der Waals surface area contributed by atoms with Crippen LogP contribution >= 0.6 is 11.6 Å². The molecule has 0 aliphatic rings. The third kappa shape index (κ3) is 3.82. The molecule has 1 heterocycles. The van der Waals surface area contributed by atoms with Gasteiger partial charge in [-0.05, 0) is 24.3 Å². The van der Waals surface area contributed by atoms with Crippen LogP contribution in [0.1, 0.15) is 5.56 Å². The molecule has 0 unspecified atom stereocenters. The Bertz CT molecular complexity index is 674. The Morgan fingerprint density at radius 2 is 1.81 bits per heavy atom. The van der Waals surface area contributed by atoms with E-state index in [1.54, 1.807) is 0 Å². The zero-order chi connectivity index (χ0) is 15.6. The second-order valence-corrected chi connectivity index (χ2v) is 4.38. The summed E-state index contributed by atoms with van der Waals surface area (Å²) in [5.41, 5.74) is -0.769. The molecule has 9 heteroatoms. The van der Waals surface area contributed by atoms with Gasteiger partial charge in [0.25, 0.3) is 5.69 Å². The van der Waals surface area contributed by atoms with E-state index in [0.717, 1.165) is 24.3 Å². The van der Waals surface area contributed by atoms with E-state index in [1.807, 2.05) is 0 Å². The van der Waals surface area contributed by atoms with E-state index in [1.165, 1.54) is 12.1 Å². The summed E-state index contributed by atoms with van der Waals surface area (Å²) in [7, 11) is 0. The van der Waals surface area contributed by atoms with Crippen LogP contribution in [0.25, 0.3) is 0 Å². The molecule has 0 atom stereocenters. The fraction of sp³-hybridized carbons (Fsp3) is 0.0833. The average Bonchev–Trinajstić information content (AvgIpc) is 2.37. The lowest BCUT2D eigenvalue weighted by atomic mass is 10.2.